The van der Waals surface area contributed by atoms with Crippen LogP contribution in [0.4, 0.5) is 0 Å². The molecule has 0 saturated carbocycles. The lowest BCUT2D eigenvalue weighted by Crippen LogP contribution is -2.29. The maximum absolute atomic E-state index is 12.8. The zero-order valence-corrected chi connectivity index (χ0v) is 14.5. The fraction of sp³-hybridized carbons (Fsp3) is 0.286. The summed E-state index contributed by atoms with van der Waals surface area (Å²) in [6.45, 7) is 5.76. The highest BCUT2D eigenvalue weighted by atomic mass is 16.5. The van der Waals surface area contributed by atoms with Gasteiger partial charge in [0, 0.05) is 5.56 Å². The highest BCUT2D eigenvalue weighted by Gasteiger charge is 2.36. The topological polar surface area (TPSA) is 55.8 Å². The largest absolute Gasteiger partial charge is 0.506 e. The van der Waals surface area contributed by atoms with Crippen LogP contribution in [0, 0.1) is 6.92 Å². The molecule has 0 bridgehead atoms. The first-order valence-electron chi connectivity index (χ1n) is 8.40. The van der Waals surface area contributed by atoms with E-state index in [-0.39, 0.29) is 29.6 Å². The molecule has 0 radical (unpaired) electrons. The van der Waals surface area contributed by atoms with Gasteiger partial charge < -0.3 is 14.6 Å². The van der Waals surface area contributed by atoms with Gasteiger partial charge in [0.1, 0.15) is 34.5 Å². The van der Waals surface area contributed by atoms with Crippen molar-refractivity contribution in [2.24, 2.45) is 0 Å². The minimum absolute atomic E-state index is 0.0566. The molecule has 0 aliphatic carbocycles. The number of phenolic OH excluding ortho intramolecular Hbond substituents is 1. The maximum Gasteiger partial charge on any atom is 0.174 e. The molecule has 4 rings (SSSR count). The molecule has 2 heterocycles. The molecule has 0 fully saturated rings. The van der Waals surface area contributed by atoms with Crippen LogP contribution in [0.2, 0.25) is 0 Å². The van der Waals surface area contributed by atoms with E-state index in [1.807, 2.05) is 63.3 Å². The Morgan fingerprint density at radius 2 is 1.88 bits per heavy atom. The molecular weight excluding hydrogens is 316 g/mol. The van der Waals surface area contributed by atoms with Gasteiger partial charge in [-0.05, 0) is 38.5 Å². The summed E-state index contributed by atoms with van der Waals surface area (Å²) in [5, 5.41) is 10.7. The van der Waals surface area contributed by atoms with Crippen molar-refractivity contribution in [3.05, 3.63) is 58.7 Å². The number of fused-ring (bicyclic) bond motifs is 2. The van der Waals surface area contributed by atoms with Crippen LogP contribution in [0.25, 0.3) is 6.08 Å². The first-order chi connectivity index (χ1) is 11.9. The van der Waals surface area contributed by atoms with E-state index in [0.29, 0.717) is 17.1 Å². The van der Waals surface area contributed by atoms with Crippen molar-refractivity contribution < 1.29 is 19.4 Å². The maximum atomic E-state index is 12.8. The zero-order chi connectivity index (χ0) is 17.8. The number of ether oxygens (including phenoxy) is 2. The zero-order valence-electron chi connectivity index (χ0n) is 14.5. The van der Waals surface area contributed by atoms with Gasteiger partial charge in [0.2, 0.25) is 0 Å². The van der Waals surface area contributed by atoms with Crippen molar-refractivity contribution in [2.75, 3.05) is 0 Å². The third-order valence-electron chi connectivity index (χ3n) is 4.74. The lowest BCUT2D eigenvalue weighted by molar-refractivity contribution is 0.0840. The Bertz CT molecular complexity index is 894. The second-order valence-electron chi connectivity index (χ2n) is 7.10. The molecule has 2 aliphatic heterocycles. The van der Waals surface area contributed by atoms with Crippen LogP contribution in [0.15, 0.2) is 36.4 Å². The minimum atomic E-state index is -0.476. The van der Waals surface area contributed by atoms with E-state index >= 15 is 0 Å². The van der Waals surface area contributed by atoms with E-state index in [1.54, 1.807) is 0 Å². The highest BCUT2D eigenvalue weighted by Crippen LogP contribution is 2.50. The predicted molar refractivity (Wildman–Crippen MR) is 95.3 cm³/mol. The number of ketones is 1. The van der Waals surface area contributed by atoms with Crippen LogP contribution in [-0.4, -0.2) is 16.5 Å². The van der Waals surface area contributed by atoms with Crippen molar-refractivity contribution in [3.63, 3.8) is 0 Å². The van der Waals surface area contributed by atoms with Crippen molar-refractivity contribution >= 4 is 11.9 Å². The van der Waals surface area contributed by atoms with Crippen molar-refractivity contribution in [1.82, 2.24) is 0 Å². The molecule has 2 aromatic rings. The van der Waals surface area contributed by atoms with E-state index in [9.17, 15) is 9.90 Å². The number of phenols is 1. The average molecular weight is 336 g/mol. The fourth-order valence-corrected chi connectivity index (χ4v) is 3.42. The summed E-state index contributed by atoms with van der Waals surface area (Å²) in [5.41, 5.74) is 2.02. The lowest BCUT2D eigenvalue weighted by atomic mass is 9.90. The summed E-state index contributed by atoms with van der Waals surface area (Å²) in [5.74, 6) is 0.827. The SMILES string of the molecule is Cc1c2c(c(O)c3c1O[C@@H](c1ccccc1)CC3=O)C=CC(C)(C)O2. The molecule has 2 aromatic carbocycles. The van der Waals surface area contributed by atoms with Crippen molar-refractivity contribution in [2.45, 2.75) is 38.9 Å². The Balaban J connectivity index is 1.86. The molecule has 0 aromatic heterocycles. The molecular formula is C21H20O4. The quantitative estimate of drug-likeness (QED) is 0.827. The first-order valence-corrected chi connectivity index (χ1v) is 8.40. The number of carbonyl (C=O) groups is 1. The standard InChI is InChI=1S/C21H20O4/c1-12-19-14(9-10-21(2,3)25-19)18(23)17-15(22)11-16(24-20(12)17)13-7-5-4-6-8-13/h4-10,16,23H,11H2,1-3H3/t16-/m1/s1. The van der Waals surface area contributed by atoms with Crippen LogP contribution in [-0.2, 0) is 0 Å². The first kappa shape index (κ1) is 15.8. The third-order valence-corrected chi connectivity index (χ3v) is 4.74. The van der Waals surface area contributed by atoms with Gasteiger partial charge in [-0.2, -0.15) is 0 Å². The summed E-state index contributed by atoms with van der Waals surface area (Å²) in [7, 11) is 0. The molecule has 4 heteroatoms. The Morgan fingerprint density at radius 1 is 1.16 bits per heavy atom. The molecule has 1 atom stereocenters. The van der Waals surface area contributed by atoms with Crippen molar-refractivity contribution in [1.29, 1.82) is 0 Å². The van der Waals surface area contributed by atoms with E-state index in [0.717, 1.165) is 11.1 Å². The Hall–Kier alpha value is -2.75. The molecule has 2 aliphatic rings. The normalized spacial score (nSPS) is 20.3. The number of Topliss-reactive ketones (excluding diaryl/α,β-unsaturated/α-hetero) is 1. The summed E-state index contributed by atoms with van der Waals surface area (Å²) < 4.78 is 12.2. The van der Waals surface area contributed by atoms with Crippen molar-refractivity contribution in [3.8, 4) is 17.2 Å². The third kappa shape index (κ3) is 2.49. The number of rotatable bonds is 1. The van der Waals surface area contributed by atoms with Gasteiger partial charge in [-0.1, -0.05) is 30.3 Å². The van der Waals surface area contributed by atoms with E-state index in [4.69, 9.17) is 9.47 Å². The van der Waals surface area contributed by atoms with Crippen LogP contribution in [0.5, 0.6) is 17.2 Å². The van der Waals surface area contributed by atoms with Crippen LogP contribution in [0.1, 0.15) is 53.4 Å². The van der Waals surface area contributed by atoms with Gasteiger partial charge in [0.25, 0.3) is 0 Å². The predicted octanol–water partition coefficient (Wildman–Crippen LogP) is 4.59. The fourth-order valence-electron chi connectivity index (χ4n) is 3.42. The number of hydrogen-bond donors (Lipinski definition) is 1. The smallest absolute Gasteiger partial charge is 0.174 e. The van der Waals surface area contributed by atoms with Gasteiger partial charge in [-0.3, -0.25) is 4.79 Å². The van der Waals surface area contributed by atoms with Gasteiger partial charge in [-0.25, -0.2) is 0 Å². The molecule has 128 valence electrons. The number of carbonyl (C=O) groups excluding carboxylic acids is 1. The summed E-state index contributed by atoms with van der Waals surface area (Å²) in [4.78, 5) is 12.8. The van der Waals surface area contributed by atoms with Gasteiger partial charge in [-0.15, -0.1) is 0 Å². The van der Waals surface area contributed by atoms with Gasteiger partial charge >= 0.3 is 0 Å². The monoisotopic (exact) mass is 336 g/mol. The van der Waals surface area contributed by atoms with Gasteiger partial charge in [0.15, 0.2) is 5.78 Å². The van der Waals surface area contributed by atoms with E-state index in [2.05, 4.69) is 0 Å². The van der Waals surface area contributed by atoms with Gasteiger partial charge in [0.05, 0.1) is 12.0 Å². The molecule has 25 heavy (non-hydrogen) atoms. The Morgan fingerprint density at radius 3 is 2.60 bits per heavy atom. The number of benzene rings is 2. The summed E-state index contributed by atoms with van der Waals surface area (Å²) in [6.07, 6.45) is 3.54. The molecule has 1 N–H and O–H groups in total. The Labute approximate surface area is 146 Å². The molecule has 0 amide bonds. The van der Waals surface area contributed by atoms with E-state index < -0.39 is 5.60 Å². The lowest BCUT2D eigenvalue weighted by Gasteiger charge is -2.33. The van der Waals surface area contributed by atoms with E-state index in [1.165, 1.54) is 0 Å². The molecule has 0 unspecified atom stereocenters. The number of hydrogen-bond acceptors (Lipinski definition) is 4. The highest BCUT2D eigenvalue weighted by molar-refractivity contribution is 6.04. The minimum Gasteiger partial charge on any atom is -0.506 e. The van der Waals surface area contributed by atoms with Crippen LogP contribution >= 0.6 is 0 Å². The molecule has 4 nitrogen and oxygen atoms in total. The number of aromatic hydroxyl groups is 1. The second-order valence-corrected chi connectivity index (χ2v) is 7.10. The molecule has 0 spiro atoms. The average Bonchev–Trinajstić information content (AvgIpc) is 2.59. The van der Waals surface area contributed by atoms with Crippen LogP contribution < -0.4 is 9.47 Å². The second kappa shape index (κ2) is 5.38. The summed E-state index contributed by atoms with van der Waals surface area (Å²) >= 11 is 0. The summed E-state index contributed by atoms with van der Waals surface area (Å²) in [6, 6.07) is 9.66. The van der Waals surface area contributed by atoms with Crippen LogP contribution in [0.3, 0.4) is 0 Å². The Kier molecular flexibility index (Phi) is 3.39. The molecule has 0 saturated heterocycles.